The lowest BCUT2D eigenvalue weighted by Gasteiger charge is -2.28. The van der Waals surface area contributed by atoms with Crippen molar-refractivity contribution < 1.29 is 14.6 Å². The molecule has 0 aliphatic rings. The van der Waals surface area contributed by atoms with E-state index in [9.17, 15) is 9.90 Å². The van der Waals surface area contributed by atoms with Gasteiger partial charge in [0.1, 0.15) is 5.75 Å². The molecular weight excluding hydrogens is 230 g/mol. The highest BCUT2D eigenvalue weighted by Gasteiger charge is 2.37. The molecule has 1 aromatic carbocycles. The van der Waals surface area contributed by atoms with Crippen LogP contribution in [-0.4, -0.2) is 24.7 Å². The van der Waals surface area contributed by atoms with Crippen molar-refractivity contribution in [2.24, 2.45) is 11.1 Å². The Hall–Kier alpha value is -1.55. The van der Waals surface area contributed by atoms with E-state index in [2.05, 4.69) is 0 Å². The maximum atomic E-state index is 11.5. The van der Waals surface area contributed by atoms with Crippen molar-refractivity contribution in [3.63, 3.8) is 0 Å². The first-order valence-electron chi connectivity index (χ1n) is 6.15. The van der Waals surface area contributed by atoms with Gasteiger partial charge in [0, 0.05) is 6.54 Å². The van der Waals surface area contributed by atoms with Crippen molar-refractivity contribution in [2.75, 3.05) is 13.7 Å². The molecule has 1 aromatic rings. The smallest absolute Gasteiger partial charge is 0.311 e. The summed E-state index contributed by atoms with van der Waals surface area (Å²) in [5, 5.41) is 9.46. The number of carbonyl (C=O) groups is 1. The summed E-state index contributed by atoms with van der Waals surface area (Å²) in [4.78, 5) is 11.5. The van der Waals surface area contributed by atoms with Gasteiger partial charge in [0.15, 0.2) is 0 Å². The Labute approximate surface area is 108 Å². The number of methoxy groups -OCH3 is 1. The fraction of sp³-hybridized carbons (Fsp3) is 0.500. The third kappa shape index (κ3) is 3.01. The number of aliphatic carboxylic acids is 1. The van der Waals surface area contributed by atoms with Crippen LogP contribution in [0.3, 0.4) is 0 Å². The molecule has 0 saturated heterocycles. The number of hydrogen-bond acceptors (Lipinski definition) is 3. The fourth-order valence-electron chi connectivity index (χ4n) is 2.22. The SMILES string of the molecule is CCCC(CN)(Cc1ccccc1OC)C(=O)O. The molecule has 0 bridgehead atoms. The molecule has 1 atom stereocenters. The maximum absolute atomic E-state index is 11.5. The van der Waals surface area contributed by atoms with Crippen LogP contribution in [0, 0.1) is 5.41 Å². The average Bonchev–Trinajstić information content (AvgIpc) is 2.38. The Kier molecular flexibility index (Phi) is 5.16. The van der Waals surface area contributed by atoms with Crippen LogP contribution in [0.4, 0.5) is 0 Å². The summed E-state index contributed by atoms with van der Waals surface area (Å²) in [6.07, 6.45) is 1.76. The second-order valence-corrected chi connectivity index (χ2v) is 4.53. The third-order valence-corrected chi connectivity index (χ3v) is 3.29. The third-order valence-electron chi connectivity index (χ3n) is 3.29. The van der Waals surface area contributed by atoms with E-state index in [-0.39, 0.29) is 6.54 Å². The van der Waals surface area contributed by atoms with Gasteiger partial charge in [-0.25, -0.2) is 0 Å². The van der Waals surface area contributed by atoms with Crippen LogP contribution in [0.25, 0.3) is 0 Å². The number of para-hydroxylation sites is 1. The number of carboxylic acid groups (broad SMARTS) is 1. The summed E-state index contributed by atoms with van der Waals surface area (Å²) in [5.41, 5.74) is 5.70. The van der Waals surface area contributed by atoms with Gasteiger partial charge in [-0.2, -0.15) is 0 Å². The van der Waals surface area contributed by atoms with Gasteiger partial charge in [-0.05, 0) is 24.5 Å². The predicted molar refractivity (Wildman–Crippen MR) is 70.7 cm³/mol. The first-order valence-corrected chi connectivity index (χ1v) is 6.15. The van der Waals surface area contributed by atoms with Gasteiger partial charge >= 0.3 is 5.97 Å². The summed E-state index contributed by atoms with van der Waals surface area (Å²) in [6, 6.07) is 7.48. The summed E-state index contributed by atoms with van der Waals surface area (Å²) >= 11 is 0. The molecule has 18 heavy (non-hydrogen) atoms. The summed E-state index contributed by atoms with van der Waals surface area (Å²) < 4.78 is 5.26. The van der Waals surface area contributed by atoms with Crippen molar-refractivity contribution >= 4 is 5.97 Å². The van der Waals surface area contributed by atoms with Crippen molar-refractivity contribution in [2.45, 2.75) is 26.2 Å². The van der Waals surface area contributed by atoms with Crippen LogP contribution < -0.4 is 10.5 Å². The van der Waals surface area contributed by atoms with E-state index in [1.165, 1.54) is 0 Å². The zero-order chi connectivity index (χ0) is 13.6. The molecule has 0 spiro atoms. The highest BCUT2D eigenvalue weighted by atomic mass is 16.5. The normalized spacial score (nSPS) is 13.9. The average molecular weight is 251 g/mol. The summed E-state index contributed by atoms with van der Waals surface area (Å²) in [7, 11) is 1.59. The van der Waals surface area contributed by atoms with Gasteiger partial charge < -0.3 is 15.6 Å². The first kappa shape index (κ1) is 14.5. The van der Waals surface area contributed by atoms with E-state index in [1.54, 1.807) is 7.11 Å². The van der Waals surface area contributed by atoms with E-state index >= 15 is 0 Å². The Bertz CT molecular complexity index is 406. The molecular formula is C14H21NO3. The Balaban J connectivity index is 3.06. The number of hydrogen-bond donors (Lipinski definition) is 2. The molecule has 3 N–H and O–H groups in total. The van der Waals surface area contributed by atoms with Crippen LogP contribution in [0.15, 0.2) is 24.3 Å². The van der Waals surface area contributed by atoms with Gasteiger partial charge in [0.2, 0.25) is 0 Å². The molecule has 0 fully saturated rings. The highest BCUT2D eigenvalue weighted by Crippen LogP contribution is 2.31. The number of nitrogens with two attached hydrogens (primary N) is 1. The minimum absolute atomic E-state index is 0.133. The number of ether oxygens (including phenoxy) is 1. The molecule has 0 aliphatic carbocycles. The van der Waals surface area contributed by atoms with Crippen LogP contribution in [0.2, 0.25) is 0 Å². The second-order valence-electron chi connectivity index (χ2n) is 4.53. The van der Waals surface area contributed by atoms with Gasteiger partial charge in [0.05, 0.1) is 12.5 Å². The summed E-state index contributed by atoms with van der Waals surface area (Å²) in [6.45, 7) is 2.10. The molecule has 100 valence electrons. The molecule has 0 aromatic heterocycles. The number of benzene rings is 1. The Morgan fingerprint density at radius 1 is 1.44 bits per heavy atom. The topological polar surface area (TPSA) is 72.5 Å². The predicted octanol–water partition coefficient (Wildman–Crippen LogP) is 2.07. The van der Waals surface area contributed by atoms with Crippen LogP contribution in [0.5, 0.6) is 5.75 Å². The van der Waals surface area contributed by atoms with Gasteiger partial charge in [0.25, 0.3) is 0 Å². The largest absolute Gasteiger partial charge is 0.496 e. The van der Waals surface area contributed by atoms with Crippen LogP contribution in [-0.2, 0) is 11.2 Å². The van der Waals surface area contributed by atoms with E-state index in [0.717, 1.165) is 12.0 Å². The lowest BCUT2D eigenvalue weighted by molar-refractivity contribution is -0.148. The second kappa shape index (κ2) is 6.40. The molecule has 0 saturated carbocycles. The molecule has 0 aliphatic heterocycles. The number of carboxylic acids is 1. The monoisotopic (exact) mass is 251 g/mol. The van der Waals surface area contributed by atoms with Gasteiger partial charge in [-0.15, -0.1) is 0 Å². The minimum atomic E-state index is -0.899. The Morgan fingerprint density at radius 2 is 2.11 bits per heavy atom. The van der Waals surface area contributed by atoms with E-state index in [1.807, 2.05) is 31.2 Å². The number of rotatable bonds is 7. The molecule has 0 radical (unpaired) electrons. The zero-order valence-corrected chi connectivity index (χ0v) is 11.0. The molecule has 4 nitrogen and oxygen atoms in total. The molecule has 4 heteroatoms. The standard InChI is InChI=1S/C14H21NO3/c1-3-8-14(10-15,13(16)17)9-11-6-4-5-7-12(11)18-2/h4-7H,3,8-10,15H2,1-2H3,(H,16,17). The van der Waals surface area contributed by atoms with Crippen molar-refractivity contribution in [1.29, 1.82) is 0 Å². The first-order chi connectivity index (χ1) is 8.59. The molecule has 1 rings (SSSR count). The lowest BCUT2D eigenvalue weighted by atomic mass is 9.77. The van der Waals surface area contributed by atoms with Crippen LogP contribution >= 0.6 is 0 Å². The van der Waals surface area contributed by atoms with Gasteiger partial charge in [-0.1, -0.05) is 31.5 Å². The van der Waals surface area contributed by atoms with Crippen LogP contribution in [0.1, 0.15) is 25.3 Å². The van der Waals surface area contributed by atoms with E-state index in [4.69, 9.17) is 10.5 Å². The highest BCUT2D eigenvalue weighted by molar-refractivity contribution is 5.75. The molecule has 1 unspecified atom stereocenters. The lowest BCUT2D eigenvalue weighted by Crippen LogP contribution is -2.40. The summed E-state index contributed by atoms with van der Waals surface area (Å²) in [5.74, 6) is -0.120. The van der Waals surface area contributed by atoms with Crippen molar-refractivity contribution in [3.8, 4) is 5.75 Å². The van der Waals surface area contributed by atoms with Crippen molar-refractivity contribution in [3.05, 3.63) is 29.8 Å². The van der Waals surface area contributed by atoms with E-state index in [0.29, 0.717) is 18.6 Å². The quantitative estimate of drug-likeness (QED) is 0.778. The Morgan fingerprint density at radius 3 is 2.61 bits per heavy atom. The minimum Gasteiger partial charge on any atom is -0.496 e. The van der Waals surface area contributed by atoms with E-state index < -0.39 is 11.4 Å². The van der Waals surface area contributed by atoms with Crippen molar-refractivity contribution in [1.82, 2.24) is 0 Å². The molecule has 0 amide bonds. The zero-order valence-electron chi connectivity index (χ0n) is 11.0. The molecule has 0 heterocycles. The fourth-order valence-corrected chi connectivity index (χ4v) is 2.22. The van der Waals surface area contributed by atoms with Gasteiger partial charge in [-0.3, -0.25) is 4.79 Å². The maximum Gasteiger partial charge on any atom is 0.311 e.